The highest BCUT2D eigenvalue weighted by Crippen LogP contribution is 2.48. The van der Waals surface area contributed by atoms with Crippen molar-refractivity contribution in [3.05, 3.63) is 0 Å². The van der Waals surface area contributed by atoms with Gasteiger partial charge in [-0.05, 0) is 12.8 Å². The number of hydrogen-bond donors (Lipinski definition) is 1. The van der Waals surface area contributed by atoms with E-state index in [1.165, 1.54) is 0 Å². The third-order valence-corrected chi connectivity index (χ3v) is 2.72. The number of alkyl halides is 3. The van der Waals surface area contributed by atoms with Crippen molar-refractivity contribution in [2.24, 2.45) is 11.1 Å². The van der Waals surface area contributed by atoms with Crippen molar-refractivity contribution in [1.29, 1.82) is 0 Å². The molecular formula is C8H12F3NO. The highest BCUT2D eigenvalue weighted by molar-refractivity contribution is 5.81. The molecule has 13 heavy (non-hydrogen) atoms. The lowest BCUT2D eigenvalue weighted by molar-refractivity contribution is -0.228. The van der Waals surface area contributed by atoms with Crippen LogP contribution in [0.5, 0.6) is 0 Å². The van der Waals surface area contributed by atoms with Crippen LogP contribution in [0.3, 0.4) is 0 Å². The van der Waals surface area contributed by atoms with E-state index in [2.05, 4.69) is 0 Å². The Kier molecular flexibility index (Phi) is 2.54. The molecule has 0 aliphatic heterocycles. The van der Waals surface area contributed by atoms with E-state index >= 15 is 0 Å². The van der Waals surface area contributed by atoms with Crippen molar-refractivity contribution in [2.45, 2.75) is 38.3 Å². The van der Waals surface area contributed by atoms with Crippen molar-refractivity contribution in [3.8, 4) is 0 Å². The van der Waals surface area contributed by atoms with Gasteiger partial charge in [-0.15, -0.1) is 0 Å². The van der Waals surface area contributed by atoms with E-state index in [-0.39, 0.29) is 12.8 Å². The van der Waals surface area contributed by atoms with Crippen molar-refractivity contribution in [2.75, 3.05) is 0 Å². The van der Waals surface area contributed by atoms with Crippen LogP contribution in [0.15, 0.2) is 0 Å². The van der Waals surface area contributed by atoms with Crippen molar-refractivity contribution in [1.82, 2.24) is 0 Å². The second-order valence-electron chi connectivity index (χ2n) is 3.50. The molecule has 2 nitrogen and oxygen atoms in total. The van der Waals surface area contributed by atoms with Gasteiger partial charge in [0.1, 0.15) is 5.41 Å². The van der Waals surface area contributed by atoms with E-state index in [0.717, 1.165) is 6.42 Å². The zero-order valence-corrected chi connectivity index (χ0v) is 7.16. The molecule has 0 saturated heterocycles. The van der Waals surface area contributed by atoms with E-state index in [4.69, 9.17) is 5.73 Å². The number of nitrogens with two attached hydrogens (primary N) is 1. The lowest BCUT2D eigenvalue weighted by Crippen LogP contribution is -2.49. The standard InChI is InChI=1S/C8H12F3NO/c9-8(10,11)7(6(12)13)4-2-1-3-5-7/h1-5H2,(H2,12,13). The van der Waals surface area contributed by atoms with Crippen LogP contribution in [0.2, 0.25) is 0 Å². The average molecular weight is 195 g/mol. The molecule has 0 heterocycles. The molecule has 0 aromatic rings. The van der Waals surface area contributed by atoms with E-state index in [1.807, 2.05) is 0 Å². The fourth-order valence-electron chi connectivity index (χ4n) is 1.82. The van der Waals surface area contributed by atoms with Crippen LogP contribution >= 0.6 is 0 Å². The number of carbonyl (C=O) groups excluding carboxylic acids is 1. The summed E-state index contributed by atoms with van der Waals surface area (Å²) in [7, 11) is 0. The Bertz CT molecular complexity index is 206. The molecule has 0 unspecified atom stereocenters. The predicted octanol–water partition coefficient (Wildman–Crippen LogP) is 1.98. The number of hydrogen-bond acceptors (Lipinski definition) is 1. The minimum Gasteiger partial charge on any atom is -0.369 e. The molecule has 5 heteroatoms. The first-order chi connectivity index (χ1) is 5.90. The molecule has 1 aliphatic carbocycles. The summed E-state index contributed by atoms with van der Waals surface area (Å²) in [6.07, 6.45) is -3.16. The van der Waals surface area contributed by atoms with Gasteiger partial charge in [0.05, 0.1) is 0 Å². The largest absolute Gasteiger partial charge is 0.403 e. The molecule has 0 aromatic heterocycles. The number of halogens is 3. The summed E-state index contributed by atoms with van der Waals surface area (Å²) in [6, 6.07) is 0. The van der Waals surface area contributed by atoms with Gasteiger partial charge in [0.25, 0.3) is 0 Å². The Morgan fingerprint density at radius 1 is 1.15 bits per heavy atom. The maximum atomic E-state index is 12.5. The second-order valence-corrected chi connectivity index (χ2v) is 3.50. The average Bonchev–Trinajstić information content (AvgIpc) is 2.03. The van der Waals surface area contributed by atoms with Gasteiger partial charge in [0.2, 0.25) is 5.91 Å². The highest BCUT2D eigenvalue weighted by Gasteiger charge is 2.58. The summed E-state index contributed by atoms with van der Waals surface area (Å²) in [4.78, 5) is 10.8. The van der Waals surface area contributed by atoms with Gasteiger partial charge in [-0.1, -0.05) is 19.3 Å². The number of amides is 1. The number of primary amides is 1. The molecule has 0 bridgehead atoms. The Morgan fingerprint density at radius 3 is 1.85 bits per heavy atom. The molecule has 1 amide bonds. The third-order valence-electron chi connectivity index (χ3n) is 2.72. The lowest BCUT2D eigenvalue weighted by atomic mass is 9.73. The van der Waals surface area contributed by atoms with Crippen LogP contribution in [-0.2, 0) is 4.79 Å². The molecule has 0 atom stereocenters. The molecule has 0 spiro atoms. The third kappa shape index (κ3) is 1.64. The summed E-state index contributed by atoms with van der Waals surface area (Å²) in [5.74, 6) is -1.22. The lowest BCUT2D eigenvalue weighted by Gasteiger charge is -2.35. The van der Waals surface area contributed by atoms with Gasteiger partial charge >= 0.3 is 6.18 Å². The van der Waals surface area contributed by atoms with Gasteiger partial charge in [0.15, 0.2) is 0 Å². The monoisotopic (exact) mass is 195 g/mol. The molecule has 1 aliphatic rings. The fourth-order valence-corrected chi connectivity index (χ4v) is 1.82. The summed E-state index contributed by atoms with van der Waals surface area (Å²) in [6.45, 7) is 0. The van der Waals surface area contributed by atoms with Crippen molar-refractivity contribution < 1.29 is 18.0 Å². The Labute approximate surface area is 74.3 Å². The van der Waals surface area contributed by atoms with Crippen LogP contribution in [0, 0.1) is 5.41 Å². The van der Waals surface area contributed by atoms with E-state index < -0.39 is 17.5 Å². The normalized spacial score (nSPS) is 22.7. The summed E-state index contributed by atoms with van der Waals surface area (Å²) in [5.41, 5.74) is 2.58. The topological polar surface area (TPSA) is 43.1 Å². The molecule has 1 fully saturated rings. The minimum atomic E-state index is -4.49. The van der Waals surface area contributed by atoms with Crippen LogP contribution < -0.4 is 5.73 Å². The first-order valence-electron chi connectivity index (χ1n) is 4.27. The second kappa shape index (κ2) is 3.20. The minimum absolute atomic E-state index is 0.147. The van der Waals surface area contributed by atoms with Gasteiger partial charge in [-0.3, -0.25) is 4.79 Å². The summed E-state index contributed by atoms with van der Waals surface area (Å²) in [5, 5.41) is 0. The van der Waals surface area contributed by atoms with E-state index in [0.29, 0.717) is 12.8 Å². The zero-order valence-electron chi connectivity index (χ0n) is 7.16. The van der Waals surface area contributed by atoms with Crippen molar-refractivity contribution in [3.63, 3.8) is 0 Å². The first kappa shape index (κ1) is 10.3. The SMILES string of the molecule is NC(=O)C1(C(F)(F)F)CCCCC1. The Balaban J connectivity index is 2.93. The molecule has 2 N–H and O–H groups in total. The van der Waals surface area contributed by atoms with Gasteiger partial charge in [0, 0.05) is 0 Å². The summed E-state index contributed by atoms with van der Waals surface area (Å²) < 4.78 is 37.6. The molecule has 1 saturated carbocycles. The van der Waals surface area contributed by atoms with E-state index in [9.17, 15) is 18.0 Å². The van der Waals surface area contributed by atoms with Gasteiger partial charge in [-0.25, -0.2) is 0 Å². The smallest absolute Gasteiger partial charge is 0.369 e. The predicted molar refractivity (Wildman–Crippen MR) is 40.8 cm³/mol. The van der Waals surface area contributed by atoms with Crippen LogP contribution in [0.4, 0.5) is 13.2 Å². The van der Waals surface area contributed by atoms with E-state index in [1.54, 1.807) is 0 Å². The van der Waals surface area contributed by atoms with Crippen molar-refractivity contribution >= 4 is 5.91 Å². The number of carbonyl (C=O) groups is 1. The summed E-state index contributed by atoms with van der Waals surface area (Å²) >= 11 is 0. The maximum Gasteiger partial charge on any atom is 0.403 e. The van der Waals surface area contributed by atoms with Gasteiger partial charge in [-0.2, -0.15) is 13.2 Å². The zero-order chi connectivity index (χ0) is 10.1. The van der Waals surface area contributed by atoms with Crippen LogP contribution in [0.1, 0.15) is 32.1 Å². The molecule has 1 rings (SSSR count). The van der Waals surface area contributed by atoms with Gasteiger partial charge < -0.3 is 5.73 Å². The number of rotatable bonds is 1. The Morgan fingerprint density at radius 2 is 1.62 bits per heavy atom. The molecule has 0 radical (unpaired) electrons. The van der Waals surface area contributed by atoms with Crippen LogP contribution in [-0.4, -0.2) is 12.1 Å². The quantitative estimate of drug-likeness (QED) is 0.683. The molecule has 76 valence electrons. The molecule has 0 aromatic carbocycles. The molecular weight excluding hydrogens is 183 g/mol. The fraction of sp³-hybridized carbons (Fsp3) is 0.875. The van der Waals surface area contributed by atoms with Crippen LogP contribution in [0.25, 0.3) is 0 Å². The Hall–Kier alpha value is -0.740. The first-order valence-corrected chi connectivity index (χ1v) is 4.27. The highest BCUT2D eigenvalue weighted by atomic mass is 19.4. The maximum absolute atomic E-state index is 12.5.